The predicted molar refractivity (Wildman–Crippen MR) is 172 cm³/mol. The first-order valence-corrected chi connectivity index (χ1v) is 16.2. The average Bonchev–Trinajstić information content (AvgIpc) is 3.62. The maximum atomic E-state index is 14.8. The normalized spacial score (nSPS) is 21.0. The van der Waals surface area contributed by atoms with Crippen LogP contribution in [0.3, 0.4) is 0 Å². The number of hydrogen-bond acceptors (Lipinski definition) is 6. The van der Waals surface area contributed by atoms with Gasteiger partial charge < -0.3 is 10.2 Å². The molecule has 2 amide bonds. The maximum absolute atomic E-state index is 14.8. The zero-order valence-electron chi connectivity index (χ0n) is 27.4. The van der Waals surface area contributed by atoms with Crippen LogP contribution in [0.2, 0.25) is 0 Å². The molecule has 2 aliphatic rings. The second-order valence-electron chi connectivity index (χ2n) is 14.1. The van der Waals surface area contributed by atoms with Gasteiger partial charge in [0.15, 0.2) is 5.82 Å². The standard InChI is InChI=1S/C35H46FN7O2/c1-7-23-18-26(20-28(36)19-23)31-33(45)43(35(38-31)16-14-27(15-17-35)34(4,5)6)29(13-8-22(2)3)24-9-11-25(12-10-24)32(44)37-21-30-39-41-42-40-30/h9-12,18-20,22,27,29H,7-8,13-17,21H2,1-6H3,(H,37,44)(H,39,40,41,42). The van der Waals surface area contributed by atoms with Gasteiger partial charge in [-0.3, -0.25) is 14.6 Å². The smallest absolute Gasteiger partial charge is 0.275 e. The Balaban J connectivity index is 1.50. The second-order valence-corrected chi connectivity index (χ2v) is 14.1. The highest BCUT2D eigenvalue weighted by Crippen LogP contribution is 2.50. The summed E-state index contributed by atoms with van der Waals surface area (Å²) in [6, 6.07) is 12.1. The summed E-state index contributed by atoms with van der Waals surface area (Å²) in [5, 5.41) is 16.5. The van der Waals surface area contributed by atoms with Gasteiger partial charge in [-0.15, -0.1) is 10.2 Å². The number of rotatable bonds is 10. The zero-order valence-corrected chi connectivity index (χ0v) is 27.4. The van der Waals surface area contributed by atoms with Gasteiger partial charge >= 0.3 is 0 Å². The lowest BCUT2D eigenvalue weighted by atomic mass is 9.69. The summed E-state index contributed by atoms with van der Waals surface area (Å²) in [6.07, 6.45) is 5.78. The van der Waals surface area contributed by atoms with E-state index in [4.69, 9.17) is 4.99 Å². The van der Waals surface area contributed by atoms with Crippen molar-refractivity contribution in [2.24, 2.45) is 22.2 Å². The van der Waals surface area contributed by atoms with Crippen LogP contribution in [0.1, 0.15) is 119 Å². The number of aromatic nitrogens is 4. The van der Waals surface area contributed by atoms with E-state index in [2.05, 4.69) is 60.6 Å². The van der Waals surface area contributed by atoms with Crippen LogP contribution in [0, 0.1) is 23.1 Å². The third-order valence-electron chi connectivity index (χ3n) is 9.52. The van der Waals surface area contributed by atoms with Crippen molar-refractivity contribution in [2.75, 3.05) is 0 Å². The Labute approximate surface area is 265 Å². The molecule has 1 unspecified atom stereocenters. The first-order valence-electron chi connectivity index (χ1n) is 16.2. The fourth-order valence-corrected chi connectivity index (χ4v) is 6.83. The number of H-pyrrole nitrogens is 1. The van der Waals surface area contributed by atoms with Gasteiger partial charge in [0.05, 0.1) is 12.6 Å². The molecule has 45 heavy (non-hydrogen) atoms. The number of amides is 2. The number of aryl methyl sites for hydroxylation is 1. The van der Waals surface area contributed by atoms with Crippen LogP contribution in [0.25, 0.3) is 0 Å². The quantitative estimate of drug-likeness (QED) is 0.268. The summed E-state index contributed by atoms with van der Waals surface area (Å²) in [6.45, 7) is 13.4. The third-order valence-corrected chi connectivity index (χ3v) is 9.52. The number of halogens is 1. The number of benzene rings is 2. The van der Waals surface area contributed by atoms with Crippen molar-refractivity contribution in [1.82, 2.24) is 30.8 Å². The van der Waals surface area contributed by atoms with Crippen molar-refractivity contribution in [3.8, 4) is 0 Å². The molecule has 10 heteroatoms. The first kappa shape index (κ1) is 32.4. The minimum Gasteiger partial charge on any atom is -0.345 e. The van der Waals surface area contributed by atoms with Crippen molar-refractivity contribution in [1.29, 1.82) is 0 Å². The summed E-state index contributed by atoms with van der Waals surface area (Å²) in [5.74, 6) is 0.611. The van der Waals surface area contributed by atoms with E-state index in [1.165, 1.54) is 12.1 Å². The predicted octanol–water partition coefficient (Wildman–Crippen LogP) is 6.57. The van der Waals surface area contributed by atoms with Gasteiger partial charge in [0.1, 0.15) is 17.2 Å². The van der Waals surface area contributed by atoms with E-state index in [-0.39, 0.29) is 35.6 Å². The molecule has 240 valence electrons. The topological polar surface area (TPSA) is 116 Å². The molecule has 5 rings (SSSR count). The largest absolute Gasteiger partial charge is 0.345 e. The Hall–Kier alpha value is -3.95. The average molecular weight is 616 g/mol. The molecule has 1 aliphatic carbocycles. The number of aliphatic imine (C=N–C) groups is 1. The molecule has 1 saturated carbocycles. The summed E-state index contributed by atoms with van der Waals surface area (Å²) in [4.78, 5) is 34.7. The summed E-state index contributed by atoms with van der Waals surface area (Å²) in [5.41, 5.74) is 2.67. The molecule has 1 aliphatic heterocycles. The molecule has 1 spiro atoms. The number of tetrazole rings is 1. The number of carbonyl (C=O) groups is 2. The lowest BCUT2D eigenvalue weighted by Gasteiger charge is -2.47. The van der Waals surface area contributed by atoms with E-state index in [0.29, 0.717) is 40.9 Å². The van der Waals surface area contributed by atoms with Crippen molar-refractivity contribution < 1.29 is 14.0 Å². The van der Waals surface area contributed by atoms with Crippen molar-refractivity contribution in [3.05, 3.63) is 76.4 Å². The van der Waals surface area contributed by atoms with E-state index in [0.717, 1.165) is 49.7 Å². The Kier molecular flexibility index (Phi) is 9.51. The van der Waals surface area contributed by atoms with Gasteiger partial charge in [-0.25, -0.2) is 4.39 Å². The number of aromatic amines is 1. The highest BCUT2D eigenvalue weighted by Gasteiger charge is 2.52. The fourth-order valence-electron chi connectivity index (χ4n) is 6.83. The number of nitrogens with zero attached hydrogens (tertiary/aromatic N) is 5. The zero-order chi connectivity index (χ0) is 32.4. The Bertz CT molecular complexity index is 1520. The molecular formula is C35H46FN7O2. The SMILES string of the molecule is CCc1cc(F)cc(C2=NC3(CCC(C(C)(C)C)CC3)N(C(CCC(C)C)c3ccc(C(=O)NCc4nn[nH]n4)cc3)C2=O)c1. The van der Waals surface area contributed by atoms with Crippen LogP contribution < -0.4 is 5.32 Å². The van der Waals surface area contributed by atoms with E-state index in [1.807, 2.05) is 30.0 Å². The Morgan fingerprint density at radius 3 is 2.42 bits per heavy atom. The Morgan fingerprint density at radius 2 is 1.82 bits per heavy atom. The monoisotopic (exact) mass is 615 g/mol. The molecule has 9 nitrogen and oxygen atoms in total. The van der Waals surface area contributed by atoms with Crippen LogP contribution in [0.15, 0.2) is 47.5 Å². The molecule has 0 bridgehead atoms. The molecule has 1 aromatic heterocycles. The van der Waals surface area contributed by atoms with Gasteiger partial charge in [-0.1, -0.05) is 58.9 Å². The molecular weight excluding hydrogens is 569 g/mol. The molecule has 1 fully saturated rings. The van der Waals surface area contributed by atoms with Crippen LogP contribution >= 0.6 is 0 Å². The lowest BCUT2D eigenvalue weighted by Crippen LogP contribution is -2.51. The van der Waals surface area contributed by atoms with Gasteiger partial charge in [0, 0.05) is 11.1 Å². The third kappa shape index (κ3) is 7.15. The van der Waals surface area contributed by atoms with Crippen molar-refractivity contribution in [2.45, 2.75) is 105 Å². The van der Waals surface area contributed by atoms with Gasteiger partial charge in [0.2, 0.25) is 0 Å². The summed E-state index contributed by atoms with van der Waals surface area (Å²) in [7, 11) is 0. The summed E-state index contributed by atoms with van der Waals surface area (Å²) < 4.78 is 14.8. The van der Waals surface area contributed by atoms with Gasteiger partial charge in [-0.2, -0.15) is 5.21 Å². The van der Waals surface area contributed by atoms with Crippen LogP contribution in [0.5, 0.6) is 0 Å². The number of hydrogen-bond donors (Lipinski definition) is 2. The van der Waals surface area contributed by atoms with E-state index >= 15 is 0 Å². The fraction of sp³-hybridized carbons (Fsp3) is 0.543. The molecule has 2 aromatic carbocycles. The molecule has 2 N–H and O–H groups in total. The summed E-state index contributed by atoms with van der Waals surface area (Å²) >= 11 is 0. The highest BCUT2D eigenvalue weighted by molar-refractivity contribution is 6.46. The minimum absolute atomic E-state index is 0.146. The first-order chi connectivity index (χ1) is 21.4. The molecule has 0 saturated heterocycles. The van der Waals surface area contributed by atoms with E-state index < -0.39 is 5.66 Å². The minimum atomic E-state index is -0.699. The van der Waals surface area contributed by atoms with Gasteiger partial charge in [-0.05, 0) is 104 Å². The molecule has 3 aromatic rings. The molecule has 0 radical (unpaired) electrons. The molecule has 1 atom stereocenters. The lowest BCUT2D eigenvalue weighted by molar-refractivity contribution is -0.133. The van der Waals surface area contributed by atoms with Gasteiger partial charge in [0.25, 0.3) is 11.8 Å². The maximum Gasteiger partial charge on any atom is 0.275 e. The molecule has 2 heterocycles. The highest BCUT2D eigenvalue weighted by atomic mass is 19.1. The van der Waals surface area contributed by atoms with Crippen LogP contribution in [-0.2, 0) is 17.8 Å². The van der Waals surface area contributed by atoms with Crippen molar-refractivity contribution in [3.63, 3.8) is 0 Å². The van der Waals surface area contributed by atoms with E-state index in [9.17, 15) is 14.0 Å². The van der Waals surface area contributed by atoms with Crippen LogP contribution in [0.4, 0.5) is 4.39 Å². The Morgan fingerprint density at radius 1 is 1.11 bits per heavy atom. The second kappa shape index (κ2) is 13.2. The van der Waals surface area contributed by atoms with E-state index in [1.54, 1.807) is 12.1 Å². The van der Waals surface area contributed by atoms with Crippen LogP contribution in [-0.4, -0.2) is 48.7 Å². The van der Waals surface area contributed by atoms with Crippen molar-refractivity contribution >= 4 is 17.5 Å². The number of nitrogens with one attached hydrogen (secondary N) is 2. The number of carbonyl (C=O) groups excluding carboxylic acids is 2.